The van der Waals surface area contributed by atoms with Crippen LogP contribution in [-0.2, 0) is 9.47 Å². The summed E-state index contributed by atoms with van der Waals surface area (Å²) in [6.07, 6.45) is 3.39. The van der Waals surface area contributed by atoms with Gasteiger partial charge in [0.05, 0.1) is 19.8 Å². The molecule has 0 aromatic carbocycles. The van der Waals surface area contributed by atoms with E-state index >= 15 is 0 Å². The van der Waals surface area contributed by atoms with Crippen LogP contribution in [0.25, 0.3) is 0 Å². The molecular formula is C13H25NO3. The molecule has 0 aromatic heterocycles. The van der Waals surface area contributed by atoms with Crippen LogP contribution in [0.1, 0.15) is 19.3 Å². The van der Waals surface area contributed by atoms with Gasteiger partial charge in [-0.15, -0.1) is 0 Å². The summed E-state index contributed by atoms with van der Waals surface area (Å²) < 4.78 is 10.8. The minimum atomic E-state index is -0.0137. The van der Waals surface area contributed by atoms with Crippen molar-refractivity contribution in [3.63, 3.8) is 0 Å². The lowest BCUT2D eigenvalue weighted by Gasteiger charge is -2.38. The Morgan fingerprint density at radius 3 is 3.06 bits per heavy atom. The lowest BCUT2D eigenvalue weighted by atomic mass is 9.83. The zero-order valence-electron chi connectivity index (χ0n) is 10.9. The molecule has 0 bridgehead atoms. The van der Waals surface area contributed by atoms with Gasteiger partial charge in [-0.3, -0.25) is 0 Å². The molecule has 100 valence electrons. The SMILES string of the molecule is COCC1CCN(CC2(CO)CCCOC2)C1. The number of aliphatic hydroxyl groups is 1. The van der Waals surface area contributed by atoms with Crippen LogP contribution in [0.15, 0.2) is 0 Å². The normalized spacial score (nSPS) is 35.3. The highest BCUT2D eigenvalue weighted by molar-refractivity contribution is 4.87. The molecule has 0 radical (unpaired) electrons. The number of hydrogen-bond acceptors (Lipinski definition) is 4. The molecule has 0 saturated carbocycles. The van der Waals surface area contributed by atoms with Gasteiger partial charge >= 0.3 is 0 Å². The Hall–Kier alpha value is -0.160. The maximum atomic E-state index is 9.64. The van der Waals surface area contributed by atoms with Crippen molar-refractivity contribution in [1.29, 1.82) is 0 Å². The summed E-state index contributed by atoms with van der Waals surface area (Å²) in [4.78, 5) is 2.47. The number of hydrogen-bond donors (Lipinski definition) is 1. The highest BCUT2D eigenvalue weighted by Gasteiger charge is 2.36. The lowest BCUT2D eigenvalue weighted by molar-refractivity contribution is -0.0531. The first-order chi connectivity index (χ1) is 8.28. The van der Waals surface area contributed by atoms with Crippen LogP contribution >= 0.6 is 0 Å². The van der Waals surface area contributed by atoms with Crippen LogP contribution in [0.5, 0.6) is 0 Å². The van der Waals surface area contributed by atoms with Gasteiger partial charge in [0.1, 0.15) is 0 Å². The number of rotatable bonds is 5. The summed E-state index contributed by atoms with van der Waals surface area (Å²) in [6, 6.07) is 0. The zero-order chi connectivity index (χ0) is 12.1. The highest BCUT2D eigenvalue weighted by Crippen LogP contribution is 2.31. The van der Waals surface area contributed by atoms with E-state index in [0.717, 1.165) is 52.3 Å². The molecule has 1 N–H and O–H groups in total. The van der Waals surface area contributed by atoms with E-state index in [2.05, 4.69) is 4.90 Å². The Morgan fingerprint density at radius 1 is 1.53 bits per heavy atom. The number of aliphatic hydroxyl groups excluding tert-OH is 1. The largest absolute Gasteiger partial charge is 0.396 e. The van der Waals surface area contributed by atoms with E-state index in [0.29, 0.717) is 5.92 Å². The summed E-state index contributed by atoms with van der Waals surface area (Å²) in [5, 5.41) is 9.64. The molecule has 2 fully saturated rings. The Morgan fingerprint density at radius 2 is 2.41 bits per heavy atom. The summed E-state index contributed by atoms with van der Waals surface area (Å²) in [7, 11) is 1.77. The molecule has 2 unspecified atom stereocenters. The molecule has 0 spiro atoms. The summed E-state index contributed by atoms with van der Waals surface area (Å²) in [5.41, 5.74) is -0.0137. The number of ether oxygens (including phenoxy) is 2. The fourth-order valence-corrected chi connectivity index (χ4v) is 3.11. The van der Waals surface area contributed by atoms with E-state index in [1.807, 2.05) is 0 Å². The Balaban J connectivity index is 1.83. The fraction of sp³-hybridized carbons (Fsp3) is 1.00. The van der Waals surface area contributed by atoms with Crippen LogP contribution < -0.4 is 0 Å². The topological polar surface area (TPSA) is 41.9 Å². The summed E-state index contributed by atoms with van der Waals surface area (Å²) in [5.74, 6) is 0.667. The average molecular weight is 243 g/mol. The molecule has 17 heavy (non-hydrogen) atoms. The molecule has 2 saturated heterocycles. The highest BCUT2D eigenvalue weighted by atomic mass is 16.5. The maximum absolute atomic E-state index is 9.64. The van der Waals surface area contributed by atoms with Crippen molar-refractivity contribution in [2.45, 2.75) is 19.3 Å². The second-order valence-corrected chi connectivity index (χ2v) is 5.66. The van der Waals surface area contributed by atoms with Crippen LogP contribution in [0, 0.1) is 11.3 Å². The number of likely N-dealkylation sites (tertiary alicyclic amines) is 1. The third kappa shape index (κ3) is 3.41. The summed E-state index contributed by atoms with van der Waals surface area (Å²) in [6.45, 7) is 5.90. The second kappa shape index (κ2) is 6.14. The molecule has 4 nitrogen and oxygen atoms in total. The minimum Gasteiger partial charge on any atom is -0.396 e. The van der Waals surface area contributed by atoms with E-state index in [1.165, 1.54) is 6.42 Å². The van der Waals surface area contributed by atoms with Gasteiger partial charge in [0.25, 0.3) is 0 Å². The van der Waals surface area contributed by atoms with Crippen molar-refractivity contribution in [2.24, 2.45) is 11.3 Å². The third-order valence-corrected chi connectivity index (χ3v) is 4.07. The first-order valence-corrected chi connectivity index (χ1v) is 6.68. The first kappa shape index (κ1) is 13.3. The molecule has 2 aliphatic heterocycles. The van der Waals surface area contributed by atoms with Crippen molar-refractivity contribution in [1.82, 2.24) is 4.90 Å². The number of methoxy groups -OCH3 is 1. The maximum Gasteiger partial charge on any atom is 0.0556 e. The van der Waals surface area contributed by atoms with Crippen molar-refractivity contribution >= 4 is 0 Å². The molecule has 2 aliphatic rings. The minimum absolute atomic E-state index is 0.0137. The van der Waals surface area contributed by atoms with Gasteiger partial charge in [-0.2, -0.15) is 0 Å². The molecule has 0 aliphatic carbocycles. The quantitative estimate of drug-likeness (QED) is 0.773. The van der Waals surface area contributed by atoms with Gasteiger partial charge in [-0.1, -0.05) is 0 Å². The van der Waals surface area contributed by atoms with E-state index < -0.39 is 0 Å². The standard InChI is InChI=1S/C13H25NO3/c1-16-8-12-3-5-14(7-12)9-13(10-15)4-2-6-17-11-13/h12,15H,2-11H2,1H3. The predicted octanol–water partition coefficient (Wildman–Crippen LogP) is 0.744. The molecule has 0 aromatic rings. The van der Waals surface area contributed by atoms with Crippen LogP contribution in [0.3, 0.4) is 0 Å². The molecule has 2 rings (SSSR count). The van der Waals surface area contributed by atoms with Crippen LogP contribution in [-0.4, -0.2) is 63.2 Å². The molecule has 2 atom stereocenters. The van der Waals surface area contributed by atoms with Gasteiger partial charge in [-0.25, -0.2) is 0 Å². The first-order valence-electron chi connectivity index (χ1n) is 6.68. The zero-order valence-corrected chi connectivity index (χ0v) is 10.9. The molecule has 4 heteroatoms. The third-order valence-electron chi connectivity index (χ3n) is 4.07. The van der Waals surface area contributed by atoms with Crippen molar-refractivity contribution in [3.8, 4) is 0 Å². The smallest absolute Gasteiger partial charge is 0.0556 e. The molecular weight excluding hydrogens is 218 g/mol. The average Bonchev–Trinajstić information content (AvgIpc) is 2.78. The van der Waals surface area contributed by atoms with Crippen molar-refractivity contribution in [2.75, 3.05) is 53.2 Å². The second-order valence-electron chi connectivity index (χ2n) is 5.66. The Bertz CT molecular complexity index is 229. The fourth-order valence-electron chi connectivity index (χ4n) is 3.11. The van der Waals surface area contributed by atoms with E-state index in [4.69, 9.17) is 9.47 Å². The molecule has 2 heterocycles. The predicted molar refractivity (Wildman–Crippen MR) is 66.0 cm³/mol. The van der Waals surface area contributed by atoms with E-state index in [-0.39, 0.29) is 12.0 Å². The molecule has 0 amide bonds. The Kier molecular flexibility index (Phi) is 4.79. The van der Waals surface area contributed by atoms with Gasteiger partial charge in [0, 0.05) is 32.2 Å². The van der Waals surface area contributed by atoms with Gasteiger partial charge < -0.3 is 19.5 Å². The van der Waals surface area contributed by atoms with Gasteiger partial charge in [0.2, 0.25) is 0 Å². The monoisotopic (exact) mass is 243 g/mol. The lowest BCUT2D eigenvalue weighted by Crippen LogP contribution is -2.45. The van der Waals surface area contributed by atoms with Crippen molar-refractivity contribution < 1.29 is 14.6 Å². The Labute approximate surface area is 104 Å². The van der Waals surface area contributed by atoms with Crippen molar-refractivity contribution in [3.05, 3.63) is 0 Å². The van der Waals surface area contributed by atoms with Crippen LogP contribution in [0.2, 0.25) is 0 Å². The van der Waals surface area contributed by atoms with Gasteiger partial charge in [0.15, 0.2) is 0 Å². The van der Waals surface area contributed by atoms with E-state index in [9.17, 15) is 5.11 Å². The van der Waals surface area contributed by atoms with E-state index in [1.54, 1.807) is 7.11 Å². The summed E-state index contributed by atoms with van der Waals surface area (Å²) >= 11 is 0. The van der Waals surface area contributed by atoms with Crippen LogP contribution in [0.4, 0.5) is 0 Å². The van der Waals surface area contributed by atoms with Gasteiger partial charge in [-0.05, 0) is 31.7 Å². The number of nitrogens with zero attached hydrogens (tertiary/aromatic N) is 1.